The third-order valence-corrected chi connectivity index (χ3v) is 4.28. The van der Waals surface area contributed by atoms with E-state index < -0.39 is 47.8 Å². The van der Waals surface area contributed by atoms with Gasteiger partial charge in [0.25, 0.3) is 5.91 Å². The van der Waals surface area contributed by atoms with Crippen LogP contribution in [0.2, 0.25) is 0 Å². The van der Waals surface area contributed by atoms with E-state index in [0.29, 0.717) is 11.1 Å². The number of amides is 1. The number of carbonyl (C=O) groups is 1. The molecule has 1 aromatic carbocycles. The first kappa shape index (κ1) is 18.2. The van der Waals surface area contributed by atoms with Crippen molar-refractivity contribution < 1.29 is 24.1 Å². The molecule has 3 N–H and O–H groups in total. The van der Waals surface area contributed by atoms with Gasteiger partial charge in [-0.3, -0.25) is 9.36 Å². The van der Waals surface area contributed by atoms with Crippen molar-refractivity contribution in [1.82, 2.24) is 9.55 Å². The van der Waals surface area contributed by atoms with Crippen LogP contribution in [0.15, 0.2) is 35.3 Å². The lowest BCUT2D eigenvalue weighted by Crippen LogP contribution is -2.36. The Hall–Kier alpha value is -2.62. The van der Waals surface area contributed by atoms with Crippen molar-refractivity contribution in [3.63, 3.8) is 0 Å². The number of hydrogen-bond acceptors (Lipinski definition) is 6. The predicted molar refractivity (Wildman–Crippen MR) is 89.2 cm³/mol. The van der Waals surface area contributed by atoms with Crippen LogP contribution in [0, 0.1) is 12.7 Å². The van der Waals surface area contributed by atoms with Crippen molar-refractivity contribution in [2.45, 2.75) is 38.4 Å². The van der Waals surface area contributed by atoms with Crippen molar-refractivity contribution in [2.75, 3.05) is 5.32 Å². The highest BCUT2D eigenvalue weighted by Gasteiger charge is 2.42. The number of hydrogen-bond donors (Lipinski definition) is 3. The third-order valence-electron chi connectivity index (χ3n) is 4.28. The van der Waals surface area contributed by atoms with Gasteiger partial charge in [0.15, 0.2) is 17.9 Å². The number of nitrogens with one attached hydrogen (secondary N) is 1. The molecule has 0 bridgehead atoms. The fourth-order valence-electron chi connectivity index (χ4n) is 2.78. The van der Waals surface area contributed by atoms with Crippen molar-refractivity contribution in [2.24, 2.45) is 0 Å². The summed E-state index contributed by atoms with van der Waals surface area (Å²) in [5, 5.41) is 21.9. The van der Waals surface area contributed by atoms with E-state index >= 15 is 0 Å². The lowest BCUT2D eigenvalue weighted by molar-refractivity contribution is -0.0355. The molecule has 2 aromatic rings. The molecule has 9 heteroatoms. The summed E-state index contributed by atoms with van der Waals surface area (Å²) in [5.41, 5.74) is 0.0745. The molecule has 1 fully saturated rings. The summed E-state index contributed by atoms with van der Waals surface area (Å²) < 4.78 is 20.4. The molecule has 26 heavy (non-hydrogen) atoms. The van der Waals surface area contributed by atoms with E-state index in [4.69, 9.17) is 4.74 Å². The smallest absolute Gasteiger partial charge is 0.351 e. The molecule has 0 radical (unpaired) electrons. The van der Waals surface area contributed by atoms with E-state index in [1.165, 1.54) is 6.92 Å². The summed E-state index contributed by atoms with van der Waals surface area (Å²) >= 11 is 0. The number of ether oxygens (including phenoxy) is 1. The first-order valence-corrected chi connectivity index (χ1v) is 7.97. The SMILES string of the molecule is Cc1ccccc1C(=O)Nc1nc(=O)n([C@@H]2O[C@H](C)C(O)C2O)cc1F. The van der Waals surface area contributed by atoms with Gasteiger partial charge in [-0.1, -0.05) is 18.2 Å². The zero-order valence-electron chi connectivity index (χ0n) is 14.1. The summed E-state index contributed by atoms with van der Waals surface area (Å²) in [4.78, 5) is 28.0. The van der Waals surface area contributed by atoms with Crippen LogP contribution in [0.1, 0.15) is 29.1 Å². The minimum absolute atomic E-state index is 0.323. The standard InChI is InChI=1S/C17H18FN3O5/c1-8-5-3-4-6-10(8)15(24)19-14-11(18)7-21(17(25)20-14)16-13(23)12(22)9(2)26-16/h3-7,9,12-13,16,22-23H,1-2H3,(H,19,20,24,25)/t9-,12?,13?,16-/m1/s1. The highest BCUT2D eigenvalue weighted by molar-refractivity contribution is 6.04. The second-order valence-electron chi connectivity index (χ2n) is 6.11. The predicted octanol–water partition coefficient (Wildman–Crippen LogP) is 0.582. The number of benzene rings is 1. The average molecular weight is 363 g/mol. The van der Waals surface area contributed by atoms with E-state index in [2.05, 4.69) is 10.3 Å². The van der Waals surface area contributed by atoms with E-state index in [1.54, 1.807) is 31.2 Å². The molecular formula is C17H18FN3O5. The summed E-state index contributed by atoms with van der Waals surface area (Å²) in [5.74, 6) is -2.11. The highest BCUT2D eigenvalue weighted by atomic mass is 19.1. The van der Waals surface area contributed by atoms with Gasteiger partial charge < -0.3 is 20.3 Å². The number of anilines is 1. The Labute approximate surface area is 147 Å². The first-order valence-electron chi connectivity index (χ1n) is 7.97. The molecule has 138 valence electrons. The fourth-order valence-corrected chi connectivity index (χ4v) is 2.78. The number of carbonyl (C=O) groups excluding carboxylic acids is 1. The van der Waals surface area contributed by atoms with Gasteiger partial charge >= 0.3 is 5.69 Å². The maximum atomic E-state index is 14.3. The Balaban J connectivity index is 1.88. The number of aliphatic hydroxyl groups is 2. The quantitative estimate of drug-likeness (QED) is 0.735. The molecule has 4 atom stereocenters. The first-order chi connectivity index (χ1) is 12.3. The van der Waals surface area contributed by atoms with Crippen LogP contribution in [0.5, 0.6) is 0 Å². The number of aryl methyl sites for hydroxylation is 1. The minimum atomic E-state index is -1.41. The third kappa shape index (κ3) is 3.24. The molecule has 8 nitrogen and oxygen atoms in total. The van der Waals surface area contributed by atoms with E-state index in [0.717, 1.165) is 10.8 Å². The largest absolute Gasteiger partial charge is 0.388 e. The molecule has 1 aliphatic heterocycles. The monoisotopic (exact) mass is 363 g/mol. The summed E-state index contributed by atoms with van der Waals surface area (Å²) in [7, 11) is 0. The van der Waals surface area contributed by atoms with Crippen molar-refractivity contribution in [1.29, 1.82) is 0 Å². The number of halogens is 1. The van der Waals surface area contributed by atoms with Gasteiger partial charge in [-0.15, -0.1) is 0 Å². The lowest BCUT2D eigenvalue weighted by Gasteiger charge is -2.17. The zero-order chi connectivity index (χ0) is 19.0. The summed E-state index contributed by atoms with van der Waals surface area (Å²) in [6, 6.07) is 6.71. The second kappa shape index (κ2) is 6.94. The molecular weight excluding hydrogens is 345 g/mol. The van der Waals surface area contributed by atoms with Gasteiger partial charge in [-0.25, -0.2) is 9.18 Å². The number of nitrogens with zero attached hydrogens (tertiary/aromatic N) is 2. The van der Waals surface area contributed by atoms with E-state index in [9.17, 15) is 24.2 Å². The fraction of sp³-hybridized carbons (Fsp3) is 0.353. The van der Waals surface area contributed by atoms with Crippen LogP contribution in [0.4, 0.5) is 10.2 Å². The molecule has 0 spiro atoms. The van der Waals surface area contributed by atoms with Crippen LogP contribution < -0.4 is 11.0 Å². The molecule has 0 aliphatic carbocycles. The van der Waals surface area contributed by atoms with Gasteiger partial charge in [0.2, 0.25) is 0 Å². The molecule has 1 aliphatic rings. The van der Waals surface area contributed by atoms with E-state index in [1.807, 2.05) is 0 Å². The molecule has 0 saturated carbocycles. The maximum Gasteiger partial charge on any atom is 0.351 e. The molecule has 3 rings (SSSR count). The van der Waals surface area contributed by atoms with E-state index in [-0.39, 0.29) is 0 Å². The molecule has 1 aromatic heterocycles. The van der Waals surface area contributed by atoms with Crippen LogP contribution in [-0.4, -0.2) is 44.0 Å². The van der Waals surface area contributed by atoms with Crippen LogP contribution in [-0.2, 0) is 4.74 Å². The lowest BCUT2D eigenvalue weighted by atomic mass is 10.1. The average Bonchev–Trinajstić information content (AvgIpc) is 2.85. The second-order valence-corrected chi connectivity index (χ2v) is 6.11. The maximum absolute atomic E-state index is 14.3. The van der Waals surface area contributed by atoms with Crippen LogP contribution >= 0.6 is 0 Å². The molecule has 1 saturated heterocycles. The van der Waals surface area contributed by atoms with Gasteiger partial charge in [-0.05, 0) is 25.5 Å². The van der Waals surface area contributed by atoms with Crippen LogP contribution in [0.25, 0.3) is 0 Å². The number of aliphatic hydroxyl groups excluding tert-OH is 2. The normalized spacial score (nSPS) is 25.3. The van der Waals surface area contributed by atoms with Crippen molar-refractivity contribution >= 4 is 11.7 Å². The van der Waals surface area contributed by atoms with Gasteiger partial charge in [0, 0.05) is 5.56 Å². The molecule has 2 unspecified atom stereocenters. The Morgan fingerprint density at radius 3 is 2.62 bits per heavy atom. The van der Waals surface area contributed by atoms with Gasteiger partial charge in [0.1, 0.15) is 12.2 Å². The van der Waals surface area contributed by atoms with Crippen molar-refractivity contribution in [3.05, 3.63) is 57.9 Å². The minimum Gasteiger partial charge on any atom is -0.388 e. The topological polar surface area (TPSA) is 114 Å². The highest BCUT2D eigenvalue weighted by Crippen LogP contribution is 2.28. The van der Waals surface area contributed by atoms with Gasteiger partial charge in [0.05, 0.1) is 12.3 Å². The van der Waals surface area contributed by atoms with Crippen LogP contribution in [0.3, 0.4) is 0 Å². The van der Waals surface area contributed by atoms with Gasteiger partial charge in [-0.2, -0.15) is 4.98 Å². The Kier molecular flexibility index (Phi) is 4.86. The Bertz CT molecular complexity index is 900. The number of aromatic nitrogens is 2. The molecule has 2 heterocycles. The van der Waals surface area contributed by atoms with Crippen molar-refractivity contribution in [3.8, 4) is 0 Å². The summed E-state index contributed by atoms with van der Waals surface area (Å²) in [6.45, 7) is 3.24. The number of rotatable bonds is 3. The summed E-state index contributed by atoms with van der Waals surface area (Å²) in [6.07, 6.45) is -3.84. The zero-order valence-corrected chi connectivity index (χ0v) is 14.1. The Morgan fingerprint density at radius 2 is 2.00 bits per heavy atom. The Morgan fingerprint density at radius 1 is 1.31 bits per heavy atom. The molecule has 1 amide bonds.